The van der Waals surface area contributed by atoms with E-state index in [1.165, 1.54) is 12.7 Å². The van der Waals surface area contributed by atoms with Crippen molar-refractivity contribution in [2.75, 3.05) is 51.0 Å². The summed E-state index contributed by atoms with van der Waals surface area (Å²) < 4.78 is 4.83. The van der Waals surface area contributed by atoms with Crippen LogP contribution < -0.4 is 10.6 Å². The third kappa shape index (κ3) is 5.03. The van der Waals surface area contributed by atoms with Gasteiger partial charge in [0.1, 0.15) is 0 Å². The fourth-order valence-corrected chi connectivity index (χ4v) is 4.65. The van der Waals surface area contributed by atoms with Crippen molar-refractivity contribution in [1.29, 1.82) is 0 Å². The summed E-state index contributed by atoms with van der Waals surface area (Å²) in [6.45, 7) is 5.27. The van der Waals surface area contributed by atoms with E-state index in [-0.39, 0.29) is 5.91 Å². The van der Waals surface area contributed by atoms with E-state index >= 15 is 0 Å². The van der Waals surface area contributed by atoms with E-state index < -0.39 is 5.97 Å². The zero-order chi connectivity index (χ0) is 25.1. The van der Waals surface area contributed by atoms with E-state index in [2.05, 4.69) is 51.7 Å². The Kier molecular flexibility index (Phi) is 6.84. The largest absolute Gasteiger partial charge is 0.465 e. The van der Waals surface area contributed by atoms with Gasteiger partial charge in [-0.3, -0.25) is 9.69 Å². The summed E-state index contributed by atoms with van der Waals surface area (Å²) in [5.41, 5.74) is 6.03. The van der Waals surface area contributed by atoms with Gasteiger partial charge in [-0.2, -0.15) is 0 Å². The predicted octanol–water partition coefficient (Wildman–Crippen LogP) is 4.15. The van der Waals surface area contributed by atoms with Crippen molar-refractivity contribution in [3.8, 4) is 0 Å². The number of likely N-dealkylation sites (N-methyl/N-ethyl adjacent to an activating group) is 1. The van der Waals surface area contributed by atoms with Crippen LogP contribution in [0.1, 0.15) is 27.0 Å². The highest BCUT2D eigenvalue weighted by atomic mass is 16.5. The Labute approximate surface area is 211 Å². The first-order valence-electron chi connectivity index (χ1n) is 12.1. The van der Waals surface area contributed by atoms with Crippen molar-refractivity contribution < 1.29 is 14.3 Å². The van der Waals surface area contributed by atoms with Gasteiger partial charge in [0.05, 0.1) is 29.6 Å². The summed E-state index contributed by atoms with van der Waals surface area (Å²) in [6, 6.07) is 23.3. The number of rotatable bonds is 6. The molecule has 0 unspecified atom stereocenters. The number of methoxy groups -OCH3 is 1. The molecule has 2 aliphatic heterocycles. The zero-order valence-corrected chi connectivity index (χ0v) is 20.6. The van der Waals surface area contributed by atoms with Crippen LogP contribution in [0.25, 0.3) is 11.3 Å². The molecule has 1 saturated heterocycles. The van der Waals surface area contributed by atoms with Gasteiger partial charge >= 0.3 is 5.97 Å². The van der Waals surface area contributed by atoms with Crippen LogP contribution in [0.15, 0.2) is 72.8 Å². The van der Waals surface area contributed by atoms with Crippen molar-refractivity contribution in [3.05, 3.63) is 95.1 Å². The summed E-state index contributed by atoms with van der Waals surface area (Å²) >= 11 is 0. The van der Waals surface area contributed by atoms with Crippen LogP contribution >= 0.6 is 0 Å². The van der Waals surface area contributed by atoms with Crippen molar-refractivity contribution in [2.45, 2.75) is 6.54 Å². The van der Waals surface area contributed by atoms with Crippen LogP contribution in [0, 0.1) is 0 Å². The van der Waals surface area contributed by atoms with Crippen molar-refractivity contribution in [2.24, 2.45) is 0 Å². The molecule has 3 aromatic carbocycles. The minimum Gasteiger partial charge on any atom is -0.465 e. The third-order valence-electron chi connectivity index (χ3n) is 6.72. The average Bonchev–Trinajstić information content (AvgIpc) is 3.24. The van der Waals surface area contributed by atoms with Gasteiger partial charge in [-0.15, -0.1) is 0 Å². The summed E-state index contributed by atoms with van der Waals surface area (Å²) in [4.78, 5) is 30.0. The van der Waals surface area contributed by atoms with Gasteiger partial charge in [0, 0.05) is 44.0 Å². The van der Waals surface area contributed by atoms with Crippen LogP contribution in [-0.4, -0.2) is 62.0 Å². The number of hydrogen-bond acceptors (Lipinski definition) is 6. The van der Waals surface area contributed by atoms with Crippen LogP contribution in [0.2, 0.25) is 0 Å². The normalized spacial score (nSPS) is 17.3. The number of fused-ring (bicyclic) bond motifs is 1. The Morgan fingerprint density at radius 1 is 0.944 bits per heavy atom. The maximum atomic E-state index is 13.2. The Balaban J connectivity index is 1.45. The molecule has 1 amide bonds. The molecule has 184 valence electrons. The number of amides is 1. The fraction of sp³-hybridized carbons (Fsp3) is 0.241. The number of hydrogen-bond donors (Lipinski definition) is 2. The monoisotopic (exact) mass is 482 g/mol. The lowest BCUT2D eigenvalue weighted by atomic mass is 9.99. The van der Waals surface area contributed by atoms with Gasteiger partial charge in [-0.05, 0) is 42.4 Å². The van der Waals surface area contributed by atoms with Gasteiger partial charge in [-0.25, -0.2) is 4.79 Å². The van der Waals surface area contributed by atoms with Gasteiger partial charge < -0.3 is 20.3 Å². The summed E-state index contributed by atoms with van der Waals surface area (Å²) in [5.74, 6) is -0.660. The number of ether oxygens (including phenoxy) is 1. The number of carbonyl (C=O) groups excluding carboxylic acids is 2. The first-order chi connectivity index (χ1) is 17.5. The second-order valence-corrected chi connectivity index (χ2v) is 9.22. The standard InChI is InChI=1S/C29H30N4O3/c1-32-14-16-33(17-15-32)19-20-8-11-23(12-9-20)30-27(21-6-4-3-5-7-21)26-24-13-10-22(29(35)36-2)18-25(24)31-28(26)34/h3-13,18,30H,14-17,19H2,1-2H3,(H,31,34)/b27-26-. The SMILES string of the molecule is COC(=O)c1ccc2c(c1)NC(=O)/C2=C(\Nc1ccc(CN2CCN(C)CC2)cc1)c1ccccc1. The minimum absolute atomic E-state index is 0.218. The molecule has 7 nitrogen and oxygen atoms in total. The quantitative estimate of drug-likeness (QED) is 0.406. The summed E-state index contributed by atoms with van der Waals surface area (Å²) in [5, 5.41) is 6.41. The molecule has 5 rings (SSSR count). The molecule has 36 heavy (non-hydrogen) atoms. The third-order valence-corrected chi connectivity index (χ3v) is 6.72. The average molecular weight is 483 g/mol. The Bertz CT molecular complexity index is 1290. The molecular weight excluding hydrogens is 452 g/mol. The molecule has 1 fully saturated rings. The number of carbonyl (C=O) groups is 2. The molecule has 0 aliphatic carbocycles. The van der Waals surface area contributed by atoms with E-state index in [4.69, 9.17) is 4.74 Å². The van der Waals surface area contributed by atoms with Gasteiger partial charge in [-0.1, -0.05) is 48.5 Å². The number of anilines is 2. The molecule has 0 spiro atoms. The first-order valence-corrected chi connectivity index (χ1v) is 12.1. The first kappa shape index (κ1) is 23.8. The number of benzene rings is 3. The molecular formula is C29H30N4O3. The highest BCUT2D eigenvalue weighted by Crippen LogP contribution is 2.38. The maximum Gasteiger partial charge on any atom is 0.337 e. The van der Waals surface area contributed by atoms with E-state index in [0.29, 0.717) is 22.5 Å². The Hall–Kier alpha value is -3.94. The molecule has 2 N–H and O–H groups in total. The molecule has 2 heterocycles. The van der Waals surface area contributed by atoms with Crippen LogP contribution in [0.4, 0.5) is 11.4 Å². The summed E-state index contributed by atoms with van der Waals surface area (Å²) in [7, 11) is 3.50. The van der Waals surface area contributed by atoms with Crippen molar-refractivity contribution in [1.82, 2.24) is 9.80 Å². The number of nitrogens with one attached hydrogen (secondary N) is 2. The van der Waals surface area contributed by atoms with Crippen LogP contribution in [0.3, 0.4) is 0 Å². The lowest BCUT2D eigenvalue weighted by Crippen LogP contribution is -2.43. The number of piperazine rings is 1. The fourth-order valence-electron chi connectivity index (χ4n) is 4.65. The Morgan fingerprint density at radius 2 is 1.67 bits per heavy atom. The molecule has 2 aliphatic rings. The predicted molar refractivity (Wildman–Crippen MR) is 143 cm³/mol. The van der Waals surface area contributed by atoms with E-state index in [1.54, 1.807) is 18.2 Å². The van der Waals surface area contributed by atoms with Crippen molar-refractivity contribution >= 4 is 34.5 Å². The van der Waals surface area contributed by atoms with Crippen LogP contribution in [0.5, 0.6) is 0 Å². The molecule has 7 heteroatoms. The zero-order valence-electron chi connectivity index (χ0n) is 20.6. The Morgan fingerprint density at radius 3 is 2.36 bits per heavy atom. The van der Waals surface area contributed by atoms with Gasteiger partial charge in [0.15, 0.2) is 0 Å². The maximum absolute atomic E-state index is 13.2. The topological polar surface area (TPSA) is 73.9 Å². The smallest absolute Gasteiger partial charge is 0.337 e. The lowest BCUT2D eigenvalue weighted by Gasteiger charge is -2.32. The number of nitrogens with zero attached hydrogens (tertiary/aromatic N) is 2. The summed E-state index contributed by atoms with van der Waals surface area (Å²) in [6.07, 6.45) is 0. The van der Waals surface area contributed by atoms with Gasteiger partial charge in [0.25, 0.3) is 5.91 Å². The molecule has 0 radical (unpaired) electrons. The second-order valence-electron chi connectivity index (χ2n) is 9.22. The molecule has 0 saturated carbocycles. The molecule has 0 bridgehead atoms. The van der Waals surface area contributed by atoms with Crippen LogP contribution in [-0.2, 0) is 16.1 Å². The lowest BCUT2D eigenvalue weighted by molar-refractivity contribution is -0.110. The van der Waals surface area contributed by atoms with E-state index in [0.717, 1.165) is 49.5 Å². The highest BCUT2D eigenvalue weighted by Gasteiger charge is 2.29. The van der Waals surface area contributed by atoms with E-state index in [1.807, 2.05) is 30.3 Å². The van der Waals surface area contributed by atoms with Gasteiger partial charge in [0.2, 0.25) is 0 Å². The minimum atomic E-state index is -0.442. The van der Waals surface area contributed by atoms with Crippen molar-refractivity contribution in [3.63, 3.8) is 0 Å². The van der Waals surface area contributed by atoms with E-state index in [9.17, 15) is 9.59 Å². The molecule has 3 aromatic rings. The molecule has 0 aromatic heterocycles. The highest BCUT2D eigenvalue weighted by molar-refractivity contribution is 6.37. The molecule has 0 atom stereocenters. The number of esters is 1. The second kappa shape index (κ2) is 10.4.